The van der Waals surface area contributed by atoms with E-state index in [4.69, 9.17) is 4.98 Å². The van der Waals surface area contributed by atoms with Crippen LogP contribution < -0.4 is 5.30 Å². The van der Waals surface area contributed by atoms with Gasteiger partial charge in [0, 0.05) is 21.5 Å². The lowest BCUT2D eigenvalue weighted by molar-refractivity contribution is 0.588. The highest BCUT2D eigenvalue weighted by Gasteiger charge is 2.18. The van der Waals surface area contributed by atoms with Crippen LogP contribution >= 0.6 is 7.14 Å². The highest BCUT2D eigenvalue weighted by Crippen LogP contribution is 2.38. The van der Waals surface area contributed by atoms with Crippen molar-refractivity contribution in [3.05, 3.63) is 78.9 Å². The van der Waals surface area contributed by atoms with Crippen molar-refractivity contribution in [1.29, 1.82) is 0 Å². The van der Waals surface area contributed by atoms with E-state index in [1.165, 1.54) is 10.8 Å². The second-order valence-corrected chi connectivity index (χ2v) is 11.2. The number of imidazole rings is 1. The number of aromatic nitrogens is 2. The molecule has 0 radical (unpaired) electrons. The summed E-state index contributed by atoms with van der Waals surface area (Å²) in [5, 5.41) is 6.59. The average molecular weight is 394 g/mol. The molecule has 2 aromatic heterocycles. The standard InChI is InChI=1S/C25H19N2OP/c1-29(2,28)17-12-13-19-20-9-5-6-10-22(20)27-23-14-11-16-7-3-4-8-18(16)24(23)26-25(27)21(19)15-17/h3-15H,1-2H3. The van der Waals surface area contributed by atoms with Crippen molar-refractivity contribution in [2.45, 2.75) is 0 Å². The van der Waals surface area contributed by atoms with Gasteiger partial charge in [-0.3, -0.25) is 4.40 Å². The molecule has 2 heterocycles. The van der Waals surface area contributed by atoms with Gasteiger partial charge in [0.15, 0.2) is 0 Å². The maximum absolute atomic E-state index is 12.8. The van der Waals surface area contributed by atoms with E-state index in [0.29, 0.717) is 0 Å². The lowest BCUT2D eigenvalue weighted by Gasteiger charge is -2.12. The fourth-order valence-corrected chi connectivity index (χ4v) is 5.29. The summed E-state index contributed by atoms with van der Waals surface area (Å²) in [6.07, 6.45) is 0. The minimum absolute atomic E-state index is 0.888. The number of fused-ring (bicyclic) bond motifs is 10. The van der Waals surface area contributed by atoms with Crippen LogP contribution in [0, 0.1) is 0 Å². The summed E-state index contributed by atoms with van der Waals surface area (Å²) in [7, 11) is -2.37. The first-order valence-corrected chi connectivity index (χ1v) is 12.3. The van der Waals surface area contributed by atoms with E-state index in [0.717, 1.165) is 43.7 Å². The molecule has 0 aliphatic heterocycles. The fraction of sp³-hybridized carbons (Fsp3) is 0.0800. The summed E-state index contributed by atoms with van der Waals surface area (Å²) >= 11 is 0. The van der Waals surface area contributed by atoms with Crippen molar-refractivity contribution in [3.63, 3.8) is 0 Å². The zero-order chi connectivity index (χ0) is 19.8. The average Bonchev–Trinajstić information content (AvgIpc) is 3.13. The first-order valence-electron chi connectivity index (χ1n) is 9.72. The molecule has 0 aliphatic carbocycles. The van der Waals surface area contributed by atoms with Crippen LogP contribution in [0.3, 0.4) is 0 Å². The van der Waals surface area contributed by atoms with Crippen molar-refractivity contribution in [2.75, 3.05) is 13.3 Å². The second kappa shape index (κ2) is 5.68. The maximum Gasteiger partial charge on any atom is 0.146 e. The predicted octanol–water partition coefficient (Wildman–Crippen LogP) is 6.20. The quantitative estimate of drug-likeness (QED) is 0.246. The summed E-state index contributed by atoms with van der Waals surface area (Å²) in [4.78, 5) is 5.12. The molecule has 0 saturated carbocycles. The number of rotatable bonds is 1. The number of pyridine rings is 1. The summed E-state index contributed by atoms with van der Waals surface area (Å²) in [5.41, 5.74) is 4.15. The van der Waals surface area contributed by atoms with E-state index >= 15 is 0 Å². The molecule has 4 heteroatoms. The van der Waals surface area contributed by atoms with Crippen molar-refractivity contribution < 1.29 is 4.57 Å². The van der Waals surface area contributed by atoms with E-state index < -0.39 is 7.14 Å². The molecule has 0 fully saturated rings. The van der Waals surface area contributed by atoms with Crippen LogP contribution in [-0.2, 0) is 4.57 Å². The Morgan fingerprint density at radius 3 is 2.31 bits per heavy atom. The number of para-hydroxylation sites is 1. The van der Waals surface area contributed by atoms with Crippen molar-refractivity contribution in [2.24, 2.45) is 0 Å². The third-order valence-electron chi connectivity index (χ3n) is 5.85. The predicted molar refractivity (Wildman–Crippen MR) is 124 cm³/mol. The van der Waals surface area contributed by atoms with Gasteiger partial charge in [0.1, 0.15) is 12.8 Å². The Labute approximate surface area is 168 Å². The molecule has 140 valence electrons. The first-order chi connectivity index (χ1) is 14.0. The number of hydrogen-bond acceptors (Lipinski definition) is 2. The van der Waals surface area contributed by atoms with Crippen molar-refractivity contribution in [1.82, 2.24) is 9.38 Å². The van der Waals surface area contributed by atoms with E-state index in [2.05, 4.69) is 77.2 Å². The van der Waals surface area contributed by atoms with Gasteiger partial charge in [-0.15, -0.1) is 0 Å². The molecule has 0 saturated heterocycles. The first kappa shape index (κ1) is 16.8. The van der Waals surface area contributed by atoms with E-state index in [1.807, 2.05) is 19.4 Å². The monoisotopic (exact) mass is 394 g/mol. The largest absolute Gasteiger partial charge is 0.319 e. The molecular weight excluding hydrogens is 375 g/mol. The Morgan fingerprint density at radius 1 is 0.724 bits per heavy atom. The maximum atomic E-state index is 12.8. The third kappa shape index (κ3) is 2.31. The van der Waals surface area contributed by atoms with Gasteiger partial charge in [0.2, 0.25) is 0 Å². The zero-order valence-corrected chi connectivity index (χ0v) is 17.1. The Balaban J connectivity index is 1.93. The third-order valence-corrected chi connectivity index (χ3v) is 7.37. The summed E-state index contributed by atoms with van der Waals surface area (Å²) in [6, 6.07) is 27.3. The molecule has 0 N–H and O–H groups in total. The minimum atomic E-state index is -2.37. The number of hydrogen-bond donors (Lipinski definition) is 0. The Kier molecular flexibility index (Phi) is 3.29. The summed E-state index contributed by atoms with van der Waals surface area (Å²) < 4.78 is 15.0. The molecule has 0 unspecified atom stereocenters. The molecule has 6 rings (SSSR count). The lowest BCUT2D eigenvalue weighted by atomic mass is 10.1. The lowest BCUT2D eigenvalue weighted by Crippen LogP contribution is -2.03. The fourth-order valence-electron chi connectivity index (χ4n) is 4.42. The van der Waals surface area contributed by atoms with Gasteiger partial charge in [-0.05, 0) is 42.3 Å². The number of benzene rings is 4. The van der Waals surface area contributed by atoms with Gasteiger partial charge in [0.25, 0.3) is 0 Å². The minimum Gasteiger partial charge on any atom is -0.319 e. The molecule has 0 bridgehead atoms. The summed E-state index contributed by atoms with van der Waals surface area (Å²) in [6.45, 7) is 3.64. The van der Waals surface area contributed by atoms with E-state index in [9.17, 15) is 4.57 Å². The molecule has 4 aromatic carbocycles. The number of nitrogens with zero attached hydrogens (tertiary/aromatic N) is 2. The highest BCUT2D eigenvalue weighted by molar-refractivity contribution is 7.70. The normalized spacial score (nSPS) is 12.6. The molecule has 0 spiro atoms. The molecular formula is C25H19N2OP. The van der Waals surface area contributed by atoms with Crippen LogP contribution in [0.1, 0.15) is 0 Å². The van der Waals surface area contributed by atoms with Crippen LogP contribution in [0.5, 0.6) is 0 Å². The van der Waals surface area contributed by atoms with Gasteiger partial charge >= 0.3 is 0 Å². The van der Waals surface area contributed by atoms with Crippen molar-refractivity contribution >= 4 is 61.6 Å². The van der Waals surface area contributed by atoms with Gasteiger partial charge < -0.3 is 4.57 Å². The molecule has 0 atom stereocenters. The SMILES string of the molecule is CP(C)(=O)c1ccc2c3ccccc3n3c4ccc5ccccc5c4nc3c2c1. The topological polar surface area (TPSA) is 34.4 Å². The zero-order valence-electron chi connectivity index (χ0n) is 16.3. The molecule has 0 amide bonds. The highest BCUT2D eigenvalue weighted by atomic mass is 31.2. The van der Waals surface area contributed by atoms with Gasteiger partial charge in [-0.2, -0.15) is 0 Å². The molecule has 0 aliphatic rings. The van der Waals surface area contributed by atoms with Gasteiger partial charge in [-0.1, -0.05) is 60.7 Å². The van der Waals surface area contributed by atoms with Crippen molar-refractivity contribution in [3.8, 4) is 0 Å². The van der Waals surface area contributed by atoms with E-state index in [1.54, 1.807) is 0 Å². The molecule has 3 nitrogen and oxygen atoms in total. The van der Waals surface area contributed by atoms with Crippen LogP contribution in [0.15, 0.2) is 78.9 Å². The summed E-state index contributed by atoms with van der Waals surface area (Å²) in [5.74, 6) is 0. The molecule has 6 aromatic rings. The van der Waals surface area contributed by atoms with E-state index in [-0.39, 0.29) is 0 Å². The van der Waals surface area contributed by atoms with Crippen LogP contribution in [0.4, 0.5) is 0 Å². The van der Waals surface area contributed by atoms with Crippen LogP contribution in [-0.4, -0.2) is 22.7 Å². The van der Waals surface area contributed by atoms with Crippen LogP contribution in [0.25, 0.3) is 49.1 Å². The smallest absolute Gasteiger partial charge is 0.146 e. The van der Waals surface area contributed by atoms with Gasteiger partial charge in [-0.25, -0.2) is 4.98 Å². The van der Waals surface area contributed by atoms with Crippen LogP contribution in [0.2, 0.25) is 0 Å². The molecule has 29 heavy (non-hydrogen) atoms. The second-order valence-electron chi connectivity index (χ2n) is 8.02. The Morgan fingerprint density at radius 2 is 1.48 bits per heavy atom. The Hall–Kier alpha value is -3.16. The Bertz CT molecular complexity index is 1660. The van der Waals surface area contributed by atoms with Gasteiger partial charge in [0.05, 0.1) is 16.6 Å².